The highest BCUT2D eigenvalue weighted by Crippen LogP contribution is 2.34. The lowest BCUT2D eigenvalue weighted by Crippen LogP contribution is -2.34. The lowest BCUT2D eigenvalue weighted by Gasteiger charge is -2.28. The summed E-state index contributed by atoms with van der Waals surface area (Å²) in [4.78, 5) is 27.4. The minimum Gasteiger partial charge on any atom is -0.493 e. The molecule has 2 aromatic carbocycles. The standard InChI is InChI=1S/C27H28N2O7S/c1-33-22-12-17(4-7-21(22)36-16-20-6-8-25(37-20)27(31)28-32)5-9-26(30)29-11-10-18-13-23(34-2)24(35-3)14-19(18)15-29/h4-9,12-14,32H,10-11,15-16H2,1-3H3,(H,28,31). The van der Waals surface area contributed by atoms with Crippen molar-refractivity contribution >= 4 is 29.2 Å². The van der Waals surface area contributed by atoms with Crippen molar-refractivity contribution in [3.05, 3.63) is 75.0 Å². The minimum absolute atomic E-state index is 0.0832. The summed E-state index contributed by atoms with van der Waals surface area (Å²) in [5.41, 5.74) is 4.60. The number of ether oxygens (including phenoxy) is 4. The first-order valence-electron chi connectivity index (χ1n) is 11.5. The van der Waals surface area contributed by atoms with Crippen molar-refractivity contribution in [3.8, 4) is 23.0 Å². The van der Waals surface area contributed by atoms with Crippen LogP contribution in [0.25, 0.3) is 6.08 Å². The number of hydroxylamine groups is 1. The third-order valence-electron chi connectivity index (χ3n) is 5.99. The maximum absolute atomic E-state index is 12.9. The number of rotatable bonds is 9. The number of carbonyl (C=O) groups is 2. The van der Waals surface area contributed by atoms with Gasteiger partial charge >= 0.3 is 0 Å². The van der Waals surface area contributed by atoms with E-state index >= 15 is 0 Å². The molecule has 0 saturated carbocycles. The van der Waals surface area contributed by atoms with Crippen molar-refractivity contribution in [2.45, 2.75) is 19.6 Å². The molecule has 2 N–H and O–H groups in total. The zero-order valence-electron chi connectivity index (χ0n) is 20.8. The molecule has 0 aliphatic carbocycles. The summed E-state index contributed by atoms with van der Waals surface area (Å²) in [5, 5.41) is 8.75. The topological polar surface area (TPSA) is 107 Å². The Kier molecular flexibility index (Phi) is 8.32. The van der Waals surface area contributed by atoms with Crippen LogP contribution in [0.5, 0.6) is 23.0 Å². The van der Waals surface area contributed by atoms with Gasteiger partial charge in [0.2, 0.25) is 5.91 Å². The molecule has 0 fully saturated rings. The second-order valence-corrected chi connectivity index (χ2v) is 9.39. The van der Waals surface area contributed by atoms with E-state index in [1.807, 2.05) is 18.2 Å². The number of fused-ring (bicyclic) bond motifs is 1. The fraction of sp³-hybridized carbons (Fsp3) is 0.259. The molecule has 37 heavy (non-hydrogen) atoms. The Balaban J connectivity index is 1.39. The summed E-state index contributed by atoms with van der Waals surface area (Å²) in [6, 6.07) is 12.7. The van der Waals surface area contributed by atoms with Gasteiger partial charge in [0.15, 0.2) is 23.0 Å². The number of nitrogens with one attached hydrogen (secondary N) is 1. The number of nitrogens with zero attached hydrogens (tertiary/aromatic N) is 1. The molecular formula is C27H28N2O7S. The van der Waals surface area contributed by atoms with Gasteiger partial charge in [-0.2, -0.15) is 0 Å². The lowest BCUT2D eigenvalue weighted by molar-refractivity contribution is -0.126. The molecule has 194 valence electrons. The fourth-order valence-corrected chi connectivity index (χ4v) is 4.84. The Hall–Kier alpha value is -4.02. The van der Waals surface area contributed by atoms with E-state index in [-0.39, 0.29) is 12.5 Å². The smallest absolute Gasteiger partial charge is 0.284 e. The molecule has 0 atom stereocenters. The molecule has 2 amide bonds. The number of methoxy groups -OCH3 is 3. The van der Waals surface area contributed by atoms with E-state index in [0.717, 1.165) is 28.0 Å². The van der Waals surface area contributed by atoms with Crippen molar-refractivity contribution in [3.63, 3.8) is 0 Å². The van der Waals surface area contributed by atoms with Crippen molar-refractivity contribution in [2.24, 2.45) is 0 Å². The molecule has 4 rings (SSSR count). The second-order valence-electron chi connectivity index (χ2n) is 8.22. The first-order valence-corrected chi connectivity index (χ1v) is 12.3. The van der Waals surface area contributed by atoms with Crippen LogP contribution in [0.1, 0.15) is 31.2 Å². The maximum atomic E-state index is 12.9. The molecular weight excluding hydrogens is 496 g/mol. The van der Waals surface area contributed by atoms with Crippen LogP contribution in [0.15, 0.2) is 48.5 Å². The monoisotopic (exact) mass is 524 g/mol. The molecule has 1 aromatic heterocycles. The van der Waals surface area contributed by atoms with Gasteiger partial charge in [-0.15, -0.1) is 11.3 Å². The van der Waals surface area contributed by atoms with E-state index in [1.54, 1.807) is 68.1 Å². The first kappa shape index (κ1) is 26.1. The van der Waals surface area contributed by atoms with Crippen LogP contribution in [0.3, 0.4) is 0 Å². The van der Waals surface area contributed by atoms with Crippen LogP contribution in [-0.4, -0.2) is 49.8 Å². The van der Waals surface area contributed by atoms with E-state index < -0.39 is 5.91 Å². The van der Waals surface area contributed by atoms with Gasteiger partial charge in [0, 0.05) is 24.0 Å². The Morgan fingerprint density at radius 1 is 0.973 bits per heavy atom. The zero-order valence-corrected chi connectivity index (χ0v) is 21.6. The predicted octanol–water partition coefficient (Wildman–Crippen LogP) is 4.07. The maximum Gasteiger partial charge on any atom is 0.284 e. The van der Waals surface area contributed by atoms with Crippen LogP contribution < -0.4 is 24.4 Å². The molecule has 0 saturated heterocycles. The Labute approximate surface area is 218 Å². The molecule has 0 unspecified atom stereocenters. The molecule has 1 aliphatic rings. The summed E-state index contributed by atoms with van der Waals surface area (Å²) in [6.07, 6.45) is 4.05. The molecule has 0 bridgehead atoms. The Morgan fingerprint density at radius 2 is 1.68 bits per heavy atom. The number of amides is 2. The Bertz CT molecular complexity index is 1320. The van der Waals surface area contributed by atoms with E-state index in [0.29, 0.717) is 41.0 Å². The van der Waals surface area contributed by atoms with E-state index in [9.17, 15) is 9.59 Å². The van der Waals surface area contributed by atoms with Crippen molar-refractivity contribution < 1.29 is 33.7 Å². The van der Waals surface area contributed by atoms with Crippen LogP contribution in [0.2, 0.25) is 0 Å². The van der Waals surface area contributed by atoms with Gasteiger partial charge in [-0.25, -0.2) is 5.48 Å². The van der Waals surface area contributed by atoms with Gasteiger partial charge in [0.1, 0.15) is 6.61 Å². The van der Waals surface area contributed by atoms with Gasteiger partial charge in [-0.1, -0.05) is 6.07 Å². The van der Waals surface area contributed by atoms with Gasteiger partial charge in [-0.3, -0.25) is 14.8 Å². The highest BCUT2D eigenvalue weighted by Gasteiger charge is 2.21. The first-order chi connectivity index (χ1) is 17.9. The average Bonchev–Trinajstić information content (AvgIpc) is 3.42. The van der Waals surface area contributed by atoms with Crippen LogP contribution in [0, 0.1) is 0 Å². The van der Waals surface area contributed by atoms with Crippen molar-refractivity contribution in [2.75, 3.05) is 27.9 Å². The largest absolute Gasteiger partial charge is 0.493 e. The van der Waals surface area contributed by atoms with Crippen LogP contribution >= 0.6 is 11.3 Å². The average molecular weight is 525 g/mol. The third-order valence-corrected chi connectivity index (χ3v) is 7.05. The highest BCUT2D eigenvalue weighted by molar-refractivity contribution is 7.14. The van der Waals surface area contributed by atoms with Crippen LogP contribution in [0.4, 0.5) is 0 Å². The van der Waals surface area contributed by atoms with Crippen molar-refractivity contribution in [1.82, 2.24) is 10.4 Å². The fourth-order valence-electron chi connectivity index (χ4n) is 4.03. The van der Waals surface area contributed by atoms with Crippen molar-refractivity contribution in [1.29, 1.82) is 0 Å². The molecule has 2 heterocycles. The molecule has 3 aromatic rings. The zero-order chi connectivity index (χ0) is 26.4. The van der Waals surface area contributed by atoms with Gasteiger partial charge in [-0.05, 0) is 65.6 Å². The predicted molar refractivity (Wildman–Crippen MR) is 139 cm³/mol. The number of hydrogen-bond acceptors (Lipinski definition) is 8. The third kappa shape index (κ3) is 6.04. The van der Waals surface area contributed by atoms with E-state index in [2.05, 4.69) is 0 Å². The normalized spacial score (nSPS) is 12.7. The number of hydrogen-bond donors (Lipinski definition) is 2. The molecule has 0 spiro atoms. The van der Waals surface area contributed by atoms with Gasteiger partial charge in [0.25, 0.3) is 5.91 Å². The molecule has 10 heteroatoms. The SMILES string of the molecule is COc1cc2c(cc1OC)CN(C(=O)C=Cc1ccc(OCc3ccc(C(=O)NO)s3)c(OC)c1)CC2. The summed E-state index contributed by atoms with van der Waals surface area (Å²) in [6.45, 7) is 1.35. The second kappa shape index (κ2) is 11.8. The highest BCUT2D eigenvalue weighted by atomic mass is 32.1. The quantitative estimate of drug-likeness (QED) is 0.247. The lowest BCUT2D eigenvalue weighted by atomic mass is 9.98. The summed E-state index contributed by atoms with van der Waals surface area (Å²) >= 11 is 1.22. The minimum atomic E-state index is -0.562. The number of thiophene rings is 1. The van der Waals surface area contributed by atoms with Gasteiger partial charge in [0.05, 0.1) is 26.2 Å². The number of carbonyl (C=O) groups excluding carboxylic acids is 2. The molecule has 1 aliphatic heterocycles. The summed E-state index contributed by atoms with van der Waals surface area (Å²) in [7, 11) is 4.76. The molecule has 9 nitrogen and oxygen atoms in total. The van der Waals surface area contributed by atoms with E-state index in [1.165, 1.54) is 11.3 Å². The van der Waals surface area contributed by atoms with E-state index in [4.69, 9.17) is 24.2 Å². The summed E-state index contributed by atoms with van der Waals surface area (Å²) < 4.78 is 22.1. The summed E-state index contributed by atoms with van der Waals surface area (Å²) in [5.74, 6) is 1.75. The van der Waals surface area contributed by atoms with Gasteiger partial charge < -0.3 is 23.8 Å². The molecule has 0 radical (unpaired) electrons. The van der Waals surface area contributed by atoms with Crippen LogP contribution in [-0.2, 0) is 24.4 Å². The number of benzene rings is 2. The Morgan fingerprint density at radius 3 is 2.38 bits per heavy atom.